The summed E-state index contributed by atoms with van der Waals surface area (Å²) in [5, 5.41) is 7.33. The third-order valence-electron chi connectivity index (χ3n) is 5.23. The van der Waals surface area contributed by atoms with Crippen molar-refractivity contribution in [1.82, 2.24) is 10.6 Å². The molecule has 0 saturated carbocycles. The van der Waals surface area contributed by atoms with Crippen LogP contribution in [0.2, 0.25) is 0 Å². The number of rotatable bonds is 4. The van der Waals surface area contributed by atoms with Gasteiger partial charge >= 0.3 is 0 Å². The Morgan fingerprint density at radius 1 is 1.41 bits per heavy atom. The van der Waals surface area contributed by atoms with Gasteiger partial charge in [-0.25, -0.2) is 0 Å². The molecule has 17 heavy (non-hydrogen) atoms. The summed E-state index contributed by atoms with van der Waals surface area (Å²) in [5.41, 5.74) is 0.607. The maximum Gasteiger partial charge on any atom is 0.0726 e. The van der Waals surface area contributed by atoms with E-state index < -0.39 is 0 Å². The maximum absolute atomic E-state index is 5.70. The Labute approximate surface area is 106 Å². The van der Waals surface area contributed by atoms with Gasteiger partial charge in [-0.3, -0.25) is 0 Å². The van der Waals surface area contributed by atoms with Crippen molar-refractivity contribution in [2.75, 3.05) is 26.2 Å². The Morgan fingerprint density at radius 3 is 2.65 bits per heavy atom. The zero-order valence-electron chi connectivity index (χ0n) is 11.8. The minimum atomic E-state index is 0.171. The molecule has 0 aromatic rings. The molecule has 0 radical (unpaired) electrons. The first-order chi connectivity index (χ1) is 7.99. The first-order valence-electron chi connectivity index (χ1n) is 7.06. The largest absolute Gasteiger partial charge is 0.377 e. The topological polar surface area (TPSA) is 33.3 Å². The number of ether oxygens (including phenoxy) is 1. The lowest BCUT2D eigenvalue weighted by Crippen LogP contribution is -2.53. The lowest BCUT2D eigenvalue weighted by molar-refractivity contribution is 0.0795. The van der Waals surface area contributed by atoms with Crippen LogP contribution in [-0.2, 0) is 4.74 Å². The van der Waals surface area contributed by atoms with Gasteiger partial charge < -0.3 is 15.4 Å². The molecule has 3 unspecified atom stereocenters. The second-order valence-corrected chi connectivity index (χ2v) is 6.48. The molecule has 2 fully saturated rings. The molecule has 2 aliphatic heterocycles. The Hall–Kier alpha value is -0.120. The molecule has 2 N–H and O–H groups in total. The molecule has 2 saturated heterocycles. The Balaban J connectivity index is 1.96. The molecule has 2 heterocycles. The van der Waals surface area contributed by atoms with Crippen LogP contribution in [0.4, 0.5) is 0 Å². The average molecular weight is 240 g/mol. The Morgan fingerprint density at radius 2 is 2.18 bits per heavy atom. The van der Waals surface area contributed by atoms with Gasteiger partial charge in [-0.05, 0) is 44.6 Å². The lowest BCUT2D eigenvalue weighted by Gasteiger charge is -2.38. The maximum atomic E-state index is 5.70. The summed E-state index contributed by atoms with van der Waals surface area (Å²) < 4.78 is 5.70. The quantitative estimate of drug-likeness (QED) is 0.786. The summed E-state index contributed by atoms with van der Waals surface area (Å²) in [7, 11) is 0. The van der Waals surface area contributed by atoms with Crippen molar-refractivity contribution in [1.29, 1.82) is 0 Å². The van der Waals surface area contributed by atoms with E-state index in [-0.39, 0.29) is 5.54 Å². The summed E-state index contributed by atoms with van der Waals surface area (Å²) in [6, 6.07) is 0. The van der Waals surface area contributed by atoms with Crippen molar-refractivity contribution in [3.05, 3.63) is 0 Å². The summed E-state index contributed by atoms with van der Waals surface area (Å²) in [6.07, 6.45) is 2.76. The van der Waals surface area contributed by atoms with Crippen molar-refractivity contribution in [2.24, 2.45) is 11.3 Å². The SMILES string of the molecule is CC(C)C1(CNC2(C)CCOC2C)CCNC1. The molecule has 0 aromatic heterocycles. The van der Waals surface area contributed by atoms with E-state index in [0.717, 1.165) is 32.0 Å². The van der Waals surface area contributed by atoms with Crippen molar-refractivity contribution < 1.29 is 4.74 Å². The predicted octanol–water partition coefficient (Wildman–Crippen LogP) is 1.78. The van der Waals surface area contributed by atoms with Crippen LogP contribution in [-0.4, -0.2) is 37.9 Å². The third-order valence-corrected chi connectivity index (χ3v) is 5.23. The molecular formula is C14H28N2O. The van der Waals surface area contributed by atoms with Gasteiger partial charge in [-0.2, -0.15) is 0 Å². The first-order valence-corrected chi connectivity index (χ1v) is 7.06. The molecule has 3 heteroatoms. The van der Waals surface area contributed by atoms with Gasteiger partial charge in [0.25, 0.3) is 0 Å². The Kier molecular flexibility index (Phi) is 3.81. The van der Waals surface area contributed by atoms with Gasteiger partial charge in [-0.1, -0.05) is 13.8 Å². The minimum absolute atomic E-state index is 0.171. The van der Waals surface area contributed by atoms with Crippen molar-refractivity contribution in [3.63, 3.8) is 0 Å². The van der Waals surface area contributed by atoms with Gasteiger partial charge in [0.2, 0.25) is 0 Å². The number of hydrogen-bond donors (Lipinski definition) is 2. The highest BCUT2D eigenvalue weighted by atomic mass is 16.5. The van der Waals surface area contributed by atoms with Crippen molar-refractivity contribution >= 4 is 0 Å². The van der Waals surface area contributed by atoms with Crippen LogP contribution in [0, 0.1) is 11.3 Å². The van der Waals surface area contributed by atoms with Crippen LogP contribution >= 0.6 is 0 Å². The van der Waals surface area contributed by atoms with Gasteiger partial charge in [0.1, 0.15) is 0 Å². The van der Waals surface area contributed by atoms with E-state index in [4.69, 9.17) is 4.74 Å². The van der Waals surface area contributed by atoms with E-state index in [0.29, 0.717) is 11.5 Å². The second-order valence-electron chi connectivity index (χ2n) is 6.48. The van der Waals surface area contributed by atoms with Gasteiger partial charge in [0.15, 0.2) is 0 Å². The monoisotopic (exact) mass is 240 g/mol. The lowest BCUT2D eigenvalue weighted by atomic mass is 9.75. The van der Waals surface area contributed by atoms with Gasteiger partial charge in [0, 0.05) is 25.2 Å². The van der Waals surface area contributed by atoms with Crippen LogP contribution in [0.25, 0.3) is 0 Å². The molecular weight excluding hydrogens is 212 g/mol. The van der Waals surface area contributed by atoms with Crippen LogP contribution in [0.15, 0.2) is 0 Å². The summed E-state index contributed by atoms with van der Waals surface area (Å²) in [5.74, 6) is 0.728. The average Bonchev–Trinajstić information content (AvgIpc) is 2.86. The van der Waals surface area contributed by atoms with Gasteiger partial charge in [-0.15, -0.1) is 0 Å². The van der Waals surface area contributed by atoms with E-state index in [1.165, 1.54) is 13.0 Å². The van der Waals surface area contributed by atoms with E-state index in [2.05, 4.69) is 38.3 Å². The zero-order valence-corrected chi connectivity index (χ0v) is 11.8. The standard InChI is InChI=1S/C14H28N2O/c1-11(2)14(5-7-15-9-14)10-16-13(4)6-8-17-12(13)3/h11-12,15-16H,5-10H2,1-4H3. The molecule has 3 nitrogen and oxygen atoms in total. The summed E-state index contributed by atoms with van der Waals surface area (Å²) in [6.45, 7) is 13.5. The molecule has 2 aliphatic rings. The number of nitrogens with one attached hydrogen (secondary N) is 2. The minimum Gasteiger partial charge on any atom is -0.377 e. The molecule has 0 aliphatic carbocycles. The normalized spacial score (nSPS) is 42.5. The fraction of sp³-hybridized carbons (Fsp3) is 1.00. The smallest absolute Gasteiger partial charge is 0.0726 e. The third kappa shape index (κ3) is 2.51. The predicted molar refractivity (Wildman–Crippen MR) is 71.2 cm³/mol. The highest BCUT2D eigenvalue weighted by Gasteiger charge is 2.42. The summed E-state index contributed by atoms with van der Waals surface area (Å²) in [4.78, 5) is 0. The highest BCUT2D eigenvalue weighted by molar-refractivity contribution is 4.98. The van der Waals surface area contributed by atoms with Gasteiger partial charge in [0.05, 0.1) is 6.10 Å². The van der Waals surface area contributed by atoms with E-state index in [1.54, 1.807) is 0 Å². The number of hydrogen-bond acceptors (Lipinski definition) is 3. The molecule has 100 valence electrons. The van der Waals surface area contributed by atoms with Crippen LogP contribution in [0.1, 0.15) is 40.5 Å². The first kappa shape index (κ1) is 13.3. The molecule has 2 rings (SSSR count). The second kappa shape index (κ2) is 4.87. The van der Waals surface area contributed by atoms with Crippen LogP contribution in [0.3, 0.4) is 0 Å². The van der Waals surface area contributed by atoms with Crippen LogP contribution in [0.5, 0.6) is 0 Å². The zero-order chi connectivity index (χ0) is 12.5. The van der Waals surface area contributed by atoms with Crippen molar-refractivity contribution in [2.45, 2.75) is 52.2 Å². The summed E-state index contributed by atoms with van der Waals surface area (Å²) >= 11 is 0. The fourth-order valence-electron chi connectivity index (χ4n) is 3.06. The molecule has 0 amide bonds. The molecule has 0 bridgehead atoms. The highest BCUT2D eigenvalue weighted by Crippen LogP contribution is 2.35. The fourth-order valence-corrected chi connectivity index (χ4v) is 3.06. The van der Waals surface area contributed by atoms with Crippen molar-refractivity contribution in [3.8, 4) is 0 Å². The molecule has 0 spiro atoms. The Bertz CT molecular complexity index is 261. The van der Waals surface area contributed by atoms with E-state index >= 15 is 0 Å². The molecule has 3 atom stereocenters. The van der Waals surface area contributed by atoms with E-state index in [1.807, 2.05) is 0 Å². The van der Waals surface area contributed by atoms with E-state index in [9.17, 15) is 0 Å². The van der Waals surface area contributed by atoms with Crippen LogP contribution < -0.4 is 10.6 Å². The molecule has 0 aromatic carbocycles.